The zero-order chi connectivity index (χ0) is 28.1. The Morgan fingerprint density at radius 1 is 0.756 bits per heavy atom. The topological polar surface area (TPSA) is 54.0 Å². The van der Waals surface area contributed by atoms with Gasteiger partial charge in [-0.1, -0.05) is 66.7 Å². The number of methoxy groups -OCH3 is 2. The standard InChI is InChI=1S/C36H28O5/c1-4-40-35(37)33-30-20-21-36(22-12-16-24(38-2)17-13-22,23-14-18-25(39-3)19-15-23)41-34(30)29-11-7-10-27-26-8-5-6-9-28(26)32(33)31(27)29/h5-21H,4H2,1-3H3. The lowest BCUT2D eigenvalue weighted by molar-refractivity contribution is 0.0525. The number of hydrogen-bond acceptors (Lipinski definition) is 5. The van der Waals surface area contributed by atoms with Crippen LogP contribution in [0.5, 0.6) is 17.2 Å². The Hall–Kier alpha value is -5.03. The fourth-order valence-electron chi connectivity index (χ4n) is 6.19. The van der Waals surface area contributed by atoms with Crippen molar-refractivity contribution in [2.24, 2.45) is 0 Å². The highest BCUT2D eigenvalue weighted by Gasteiger charge is 2.41. The number of fused-ring (bicyclic) bond motifs is 5. The zero-order valence-electron chi connectivity index (χ0n) is 23.1. The van der Waals surface area contributed by atoms with Crippen LogP contribution in [0.1, 0.15) is 34.0 Å². The molecular weight excluding hydrogens is 512 g/mol. The van der Waals surface area contributed by atoms with Gasteiger partial charge in [-0.05, 0) is 60.0 Å². The SMILES string of the molecule is CCOC(=O)c1c2c(c3cccc4c3c1-c1ccccc1-4)OC(c1ccc(OC)cc1)(c1ccc(OC)cc1)C=C2. The van der Waals surface area contributed by atoms with Gasteiger partial charge < -0.3 is 18.9 Å². The summed E-state index contributed by atoms with van der Waals surface area (Å²) >= 11 is 0. The summed E-state index contributed by atoms with van der Waals surface area (Å²) in [4.78, 5) is 13.7. The third-order valence-corrected chi connectivity index (χ3v) is 8.07. The van der Waals surface area contributed by atoms with E-state index >= 15 is 0 Å². The van der Waals surface area contributed by atoms with Gasteiger partial charge in [0.15, 0.2) is 5.60 Å². The Bertz CT molecular complexity index is 1800. The molecule has 0 aromatic heterocycles. The summed E-state index contributed by atoms with van der Waals surface area (Å²) in [6.07, 6.45) is 4.05. The van der Waals surface area contributed by atoms with Crippen LogP contribution in [0.2, 0.25) is 0 Å². The molecule has 2 aliphatic rings. The Morgan fingerprint density at radius 3 is 1.98 bits per heavy atom. The van der Waals surface area contributed by atoms with Crippen LogP contribution in [-0.2, 0) is 10.3 Å². The van der Waals surface area contributed by atoms with Gasteiger partial charge in [-0.15, -0.1) is 0 Å². The maximum absolute atomic E-state index is 13.7. The Kier molecular flexibility index (Phi) is 5.82. The normalized spacial score (nSPS) is 13.7. The van der Waals surface area contributed by atoms with Crippen LogP contribution in [0, 0.1) is 0 Å². The zero-order valence-corrected chi connectivity index (χ0v) is 23.1. The van der Waals surface area contributed by atoms with Crippen molar-refractivity contribution in [3.05, 3.63) is 119 Å². The van der Waals surface area contributed by atoms with Crippen molar-refractivity contribution in [3.8, 4) is 39.5 Å². The Morgan fingerprint density at radius 2 is 1.37 bits per heavy atom. The van der Waals surface area contributed by atoms with Gasteiger partial charge in [-0.3, -0.25) is 0 Å². The first-order valence-electron chi connectivity index (χ1n) is 13.7. The number of rotatable bonds is 6. The highest BCUT2D eigenvalue weighted by atomic mass is 16.5. The fraction of sp³-hybridized carbons (Fsp3) is 0.139. The van der Waals surface area contributed by atoms with Crippen LogP contribution in [0.3, 0.4) is 0 Å². The minimum Gasteiger partial charge on any atom is -0.497 e. The van der Waals surface area contributed by atoms with E-state index in [0.29, 0.717) is 11.3 Å². The molecule has 5 nitrogen and oxygen atoms in total. The van der Waals surface area contributed by atoms with Crippen molar-refractivity contribution in [1.82, 2.24) is 0 Å². The maximum Gasteiger partial charge on any atom is 0.339 e. The first kappa shape index (κ1) is 25.0. The second kappa shape index (κ2) is 9.56. The third kappa shape index (κ3) is 3.66. The van der Waals surface area contributed by atoms with Gasteiger partial charge in [-0.25, -0.2) is 4.79 Å². The molecule has 0 saturated heterocycles. The fourth-order valence-corrected chi connectivity index (χ4v) is 6.19. The van der Waals surface area contributed by atoms with E-state index in [1.807, 2.05) is 79.7 Å². The molecular formula is C36H28O5. The molecule has 0 N–H and O–H groups in total. The molecule has 202 valence electrons. The lowest BCUT2D eigenvalue weighted by Crippen LogP contribution is -2.34. The molecule has 41 heavy (non-hydrogen) atoms. The van der Waals surface area contributed by atoms with Crippen molar-refractivity contribution < 1.29 is 23.7 Å². The predicted molar refractivity (Wildman–Crippen MR) is 161 cm³/mol. The van der Waals surface area contributed by atoms with Gasteiger partial charge in [0.1, 0.15) is 17.2 Å². The molecule has 1 aliphatic heterocycles. The summed E-state index contributed by atoms with van der Waals surface area (Å²) in [5, 5.41) is 1.96. The number of hydrogen-bond donors (Lipinski definition) is 0. The smallest absolute Gasteiger partial charge is 0.339 e. The van der Waals surface area contributed by atoms with Crippen LogP contribution >= 0.6 is 0 Å². The third-order valence-electron chi connectivity index (χ3n) is 8.07. The van der Waals surface area contributed by atoms with E-state index < -0.39 is 5.60 Å². The van der Waals surface area contributed by atoms with E-state index in [0.717, 1.165) is 61.2 Å². The molecule has 0 atom stereocenters. The van der Waals surface area contributed by atoms with Crippen LogP contribution in [0.25, 0.3) is 39.1 Å². The van der Waals surface area contributed by atoms with Gasteiger partial charge in [0, 0.05) is 33.0 Å². The molecule has 0 amide bonds. The largest absolute Gasteiger partial charge is 0.497 e. The molecule has 0 fully saturated rings. The summed E-state index contributed by atoms with van der Waals surface area (Å²) in [5.74, 6) is 1.80. The molecule has 0 saturated carbocycles. The average Bonchev–Trinajstić information content (AvgIpc) is 3.36. The first-order chi connectivity index (χ1) is 20.1. The van der Waals surface area contributed by atoms with Crippen molar-refractivity contribution in [1.29, 1.82) is 0 Å². The average molecular weight is 541 g/mol. The molecule has 5 aromatic carbocycles. The quantitative estimate of drug-likeness (QED) is 0.200. The van der Waals surface area contributed by atoms with Crippen molar-refractivity contribution >= 4 is 22.8 Å². The number of ether oxygens (including phenoxy) is 4. The Balaban J connectivity index is 1.54. The molecule has 1 heterocycles. The molecule has 5 heteroatoms. The molecule has 0 radical (unpaired) electrons. The molecule has 7 rings (SSSR count). The van der Waals surface area contributed by atoms with Crippen LogP contribution in [-0.4, -0.2) is 26.8 Å². The van der Waals surface area contributed by atoms with Gasteiger partial charge in [-0.2, -0.15) is 0 Å². The van der Waals surface area contributed by atoms with E-state index in [4.69, 9.17) is 18.9 Å². The predicted octanol–water partition coefficient (Wildman–Crippen LogP) is 8.03. The van der Waals surface area contributed by atoms with Crippen LogP contribution < -0.4 is 14.2 Å². The molecule has 5 aromatic rings. The van der Waals surface area contributed by atoms with Crippen LogP contribution in [0.4, 0.5) is 0 Å². The molecule has 0 bridgehead atoms. The highest BCUT2D eigenvalue weighted by molar-refractivity contribution is 6.23. The number of carbonyl (C=O) groups excluding carboxylic acids is 1. The van der Waals surface area contributed by atoms with Crippen molar-refractivity contribution in [2.75, 3.05) is 20.8 Å². The lowest BCUT2D eigenvalue weighted by Gasteiger charge is -2.37. The summed E-state index contributed by atoms with van der Waals surface area (Å²) < 4.78 is 23.7. The minimum atomic E-state index is -0.969. The number of esters is 1. The van der Waals surface area contributed by atoms with E-state index in [1.165, 1.54) is 0 Å². The van der Waals surface area contributed by atoms with E-state index in [-0.39, 0.29) is 12.6 Å². The van der Waals surface area contributed by atoms with Gasteiger partial charge in [0.2, 0.25) is 0 Å². The van der Waals surface area contributed by atoms with Gasteiger partial charge in [0.25, 0.3) is 0 Å². The van der Waals surface area contributed by atoms with Crippen molar-refractivity contribution in [2.45, 2.75) is 12.5 Å². The van der Waals surface area contributed by atoms with E-state index in [2.05, 4.69) is 30.3 Å². The monoisotopic (exact) mass is 540 g/mol. The van der Waals surface area contributed by atoms with Gasteiger partial charge in [0.05, 0.1) is 26.4 Å². The number of benzene rings is 5. The van der Waals surface area contributed by atoms with E-state index in [1.54, 1.807) is 14.2 Å². The first-order valence-corrected chi connectivity index (χ1v) is 13.7. The van der Waals surface area contributed by atoms with E-state index in [9.17, 15) is 4.79 Å². The van der Waals surface area contributed by atoms with Gasteiger partial charge >= 0.3 is 5.97 Å². The highest BCUT2D eigenvalue weighted by Crippen LogP contribution is 2.55. The molecule has 0 unspecified atom stereocenters. The Labute approximate surface area is 238 Å². The summed E-state index contributed by atoms with van der Waals surface area (Å²) in [7, 11) is 3.30. The summed E-state index contributed by atoms with van der Waals surface area (Å²) in [6, 6.07) is 30.2. The second-order valence-electron chi connectivity index (χ2n) is 10.1. The summed E-state index contributed by atoms with van der Waals surface area (Å²) in [5.41, 5.74) is 6.24. The molecule has 0 spiro atoms. The maximum atomic E-state index is 13.7. The van der Waals surface area contributed by atoms with Crippen molar-refractivity contribution in [3.63, 3.8) is 0 Å². The minimum absolute atomic E-state index is 0.278. The number of carbonyl (C=O) groups is 1. The second-order valence-corrected chi connectivity index (χ2v) is 10.1. The lowest BCUT2D eigenvalue weighted by atomic mass is 9.81. The van der Waals surface area contributed by atoms with Crippen LogP contribution in [0.15, 0.2) is 97.1 Å². The summed E-state index contributed by atoms with van der Waals surface area (Å²) in [6.45, 7) is 2.11. The molecule has 1 aliphatic carbocycles.